The summed E-state index contributed by atoms with van der Waals surface area (Å²) in [6.07, 6.45) is -21.3. The number of ether oxygens (including phenoxy) is 14. The molecule has 0 spiro atoms. The van der Waals surface area contributed by atoms with Crippen molar-refractivity contribution in [2.24, 2.45) is 0 Å². The third-order valence-electron chi connectivity index (χ3n) is 15.7. The van der Waals surface area contributed by atoms with Crippen molar-refractivity contribution >= 4 is 59.4 Å². The molecule has 5 aromatic carbocycles. The van der Waals surface area contributed by atoms with Crippen LogP contribution in [0.1, 0.15) is 99.7 Å². The molecule has 0 N–H and O–H groups in total. The molecule has 0 radical (unpaired) electrons. The van der Waals surface area contributed by atoms with Crippen LogP contribution >= 0.6 is 0 Å². The topological polar surface area (TPSA) is 306 Å². The summed E-state index contributed by atoms with van der Waals surface area (Å²) in [5.74, 6) is -8.74. The summed E-state index contributed by atoms with van der Waals surface area (Å²) in [5.41, 5.74) is 1.78. The van der Waals surface area contributed by atoms with Crippen LogP contribution in [0.25, 0.3) is 0 Å². The maximum Gasteiger partial charge on any atom is 0.303 e. The Kier molecular flexibility index (Phi) is 21.6. The van der Waals surface area contributed by atoms with E-state index < -0.39 is 171 Å². The second-order valence-electron chi connectivity index (χ2n) is 22.3. The van der Waals surface area contributed by atoms with E-state index in [4.69, 9.17) is 66.3 Å². The van der Waals surface area contributed by atoms with Gasteiger partial charge < -0.3 is 66.3 Å². The first kappa shape index (κ1) is 66.8. The second-order valence-corrected chi connectivity index (χ2v) is 22.3. The number of carbonyl (C=O) groups is 10. The zero-order valence-corrected chi connectivity index (χ0v) is 51.4. The lowest BCUT2D eigenvalue weighted by atomic mass is 9.93. The number of carbonyl (C=O) groups excluding carboxylic acids is 10. The van der Waals surface area contributed by atoms with Crippen LogP contribution in [0, 0.1) is 0 Å². The van der Waals surface area contributed by atoms with Crippen molar-refractivity contribution in [1.29, 1.82) is 0 Å². The van der Waals surface area contributed by atoms with Crippen molar-refractivity contribution in [3.05, 3.63) is 178 Å². The number of fused-ring (bicyclic) bond motifs is 2. The van der Waals surface area contributed by atoms with E-state index in [1.165, 1.54) is 24.3 Å². The third-order valence-corrected chi connectivity index (χ3v) is 15.7. The van der Waals surface area contributed by atoms with Crippen molar-refractivity contribution in [3.8, 4) is 0 Å². The maximum absolute atomic E-state index is 14.8. The van der Waals surface area contributed by atoms with E-state index in [2.05, 4.69) is 0 Å². The lowest BCUT2D eigenvalue weighted by Gasteiger charge is -2.51. The standard InChI is InChI=1S/C67H68N2O24/c1-36(70)80-33-50-55(86-38(3)72)57(88-40(5)74)52(68-61(76)45-26-16-17-27-46(45)62(68)77)65(90-50)85-35-49-54(82-30-42-20-10-7-11-21-42)59(83-31-43-22-12-8-13-23-43)60(67(92-49)84-32-44-24-14-9-15-25-44)93-66-53(69-63(78)47-28-18-19-29-48(47)64(69)79)58(89-41(6)75)56(87-39(4)73)51(91-66)34-81-37(2)71/h7-29,49-60,65-67H,30-35H2,1-6H3/t49-,50-,51-,52-,53-,54-,55-,56-,57-,58-,59+,60+,65-,66+,67+/m1/s1. The highest BCUT2D eigenvalue weighted by Crippen LogP contribution is 2.41. The summed E-state index contributed by atoms with van der Waals surface area (Å²) >= 11 is 0. The summed E-state index contributed by atoms with van der Waals surface area (Å²) in [6, 6.07) is 35.0. The van der Waals surface area contributed by atoms with E-state index in [1.54, 1.807) is 115 Å². The molecular formula is C67H68N2O24. The van der Waals surface area contributed by atoms with Gasteiger partial charge in [0.05, 0.1) is 48.7 Å². The van der Waals surface area contributed by atoms with Crippen molar-refractivity contribution < 1.29 is 114 Å². The third kappa shape index (κ3) is 15.5. The molecule has 0 bridgehead atoms. The minimum absolute atomic E-state index is 0.0206. The van der Waals surface area contributed by atoms with Gasteiger partial charge in [0.1, 0.15) is 61.9 Å². The van der Waals surface area contributed by atoms with Gasteiger partial charge in [0, 0.05) is 41.5 Å². The molecule has 26 nitrogen and oxygen atoms in total. The lowest BCUT2D eigenvalue weighted by Crippen LogP contribution is -2.70. The lowest BCUT2D eigenvalue weighted by molar-refractivity contribution is -0.373. The Labute approximate surface area is 533 Å². The molecule has 0 aliphatic carbocycles. The Bertz CT molecular complexity index is 3480. The highest BCUT2D eigenvalue weighted by atomic mass is 16.8. The normalized spacial score (nSPS) is 27.4. The Morgan fingerprint density at radius 2 is 0.656 bits per heavy atom. The largest absolute Gasteiger partial charge is 0.463 e. The predicted octanol–water partition coefficient (Wildman–Crippen LogP) is 5.13. The van der Waals surface area contributed by atoms with Gasteiger partial charge in [-0.3, -0.25) is 57.7 Å². The van der Waals surface area contributed by atoms with E-state index in [0.29, 0.717) is 16.7 Å². The fourth-order valence-electron chi connectivity index (χ4n) is 11.8. The van der Waals surface area contributed by atoms with Gasteiger partial charge in [-0.05, 0) is 41.0 Å². The van der Waals surface area contributed by atoms with Gasteiger partial charge in [-0.2, -0.15) is 0 Å². The minimum atomic E-state index is -1.96. The van der Waals surface area contributed by atoms with E-state index in [0.717, 1.165) is 51.3 Å². The predicted molar refractivity (Wildman–Crippen MR) is 315 cm³/mol. The van der Waals surface area contributed by atoms with Gasteiger partial charge in [-0.25, -0.2) is 0 Å². The molecule has 15 atom stereocenters. The fourth-order valence-corrected chi connectivity index (χ4v) is 11.8. The van der Waals surface area contributed by atoms with Gasteiger partial charge in [0.25, 0.3) is 23.6 Å². The number of amides is 4. The number of hydrogen-bond acceptors (Lipinski definition) is 24. The molecule has 0 aromatic heterocycles. The van der Waals surface area contributed by atoms with Crippen LogP contribution in [0.3, 0.4) is 0 Å². The fraction of sp³-hybridized carbons (Fsp3) is 0.403. The molecule has 5 aromatic rings. The Hall–Kier alpha value is -9.12. The van der Waals surface area contributed by atoms with Crippen molar-refractivity contribution in [1.82, 2.24) is 9.80 Å². The van der Waals surface area contributed by atoms with Gasteiger partial charge in [0.2, 0.25) is 0 Å². The SMILES string of the molecule is CC(=O)OC[C@H]1O[C@@H](OC[C@H]2O[C@H](OCc3ccccc3)[C@@H](O[C@@H]3O[C@H](COC(C)=O)[C@@H](OC(C)=O)[C@H](OC(C)=O)[C@H]3N3C(=O)c4ccccc4C3=O)[C@@H](OCc3ccccc3)[C@@H]2OCc2ccccc2)[C@H](N2C(=O)c3ccccc3C2=O)[C@@H](OC(C)=O)[C@@H]1OC(C)=O. The molecule has 3 fully saturated rings. The number of benzene rings is 5. The molecule has 5 heterocycles. The van der Waals surface area contributed by atoms with E-state index in [-0.39, 0.29) is 42.1 Å². The van der Waals surface area contributed by atoms with Crippen LogP contribution in [0.5, 0.6) is 0 Å². The van der Waals surface area contributed by atoms with E-state index in [9.17, 15) is 47.9 Å². The average Bonchev–Trinajstić information content (AvgIpc) is 1.69. The number of nitrogens with zero attached hydrogens (tertiary/aromatic N) is 2. The van der Waals surface area contributed by atoms with Crippen LogP contribution in [0.4, 0.5) is 0 Å². The molecule has 0 saturated carbocycles. The van der Waals surface area contributed by atoms with Gasteiger partial charge in [-0.1, -0.05) is 115 Å². The molecule has 0 unspecified atom stereocenters. The highest BCUT2D eigenvalue weighted by Gasteiger charge is 2.62. The van der Waals surface area contributed by atoms with Crippen molar-refractivity contribution in [2.75, 3.05) is 19.8 Å². The van der Waals surface area contributed by atoms with Crippen LogP contribution in [0.2, 0.25) is 0 Å². The Balaban J connectivity index is 1.12. The van der Waals surface area contributed by atoms with Crippen molar-refractivity contribution in [3.63, 3.8) is 0 Å². The number of rotatable bonds is 24. The summed E-state index contributed by atoms with van der Waals surface area (Å²) in [5, 5.41) is 0. The first-order valence-electron chi connectivity index (χ1n) is 29.9. The summed E-state index contributed by atoms with van der Waals surface area (Å²) in [6.45, 7) is 3.98. The Morgan fingerprint density at radius 3 is 1.04 bits per heavy atom. The van der Waals surface area contributed by atoms with Crippen LogP contribution in [0.15, 0.2) is 140 Å². The highest BCUT2D eigenvalue weighted by molar-refractivity contribution is 6.22. The smallest absolute Gasteiger partial charge is 0.303 e. The molecule has 4 amide bonds. The van der Waals surface area contributed by atoms with Crippen LogP contribution in [-0.4, -0.2) is 181 Å². The summed E-state index contributed by atoms with van der Waals surface area (Å²) < 4.78 is 89.4. The van der Waals surface area contributed by atoms with E-state index >= 15 is 0 Å². The van der Waals surface area contributed by atoms with Gasteiger partial charge in [-0.15, -0.1) is 0 Å². The van der Waals surface area contributed by atoms with Crippen LogP contribution in [-0.2, 0) is 115 Å². The second kappa shape index (κ2) is 30.1. The molecule has 10 rings (SSSR count). The molecule has 490 valence electrons. The maximum atomic E-state index is 14.8. The van der Waals surface area contributed by atoms with E-state index in [1.807, 2.05) is 0 Å². The molecule has 3 saturated heterocycles. The first-order chi connectivity index (χ1) is 44.8. The monoisotopic (exact) mass is 1280 g/mol. The average molecular weight is 1290 g/mol. The molecular weight excluding hydrogens is 1220 g/mol. The molecule has 26 heteroatoms. The number of imide groups is 2. The van der Waals surface area contributed by atoms with Crippen molar-refractivity contribution in [2.45, 2.75) is 153 Å². The van der Waals surface area contributed by atoms with Gasteiger partial charge in [0.15, 0.2) is 43.3 Å². The molecule has 5 aliphatic heterocycles. The Morgan fingerprint density at radius 1 is 0.333 bits per heavy atom. The van der Waals surface area contributed by atoms with Gasteiger partial charge >= 0.3 is 35.8 Å². The minimum Gasteiger partial charge on any atom is -0.463 e. The quantitative estimate of drug-likeness (QED) is 0.0439. The molecule has 5 aliphatic rings. The molecule has 93 heavy (non-hydrogen) atoms. The zero-order valence-electron chi connectivity index (χ0n) is 51.4. The first-order valence-corrected chi connectivity index (χ1v) is 29.9. The van der Waals surface area contributed by atoms with Crippen LogP contribution < -0.4 is 0 Å². The number of esters is 6. The summed E-state index contributed by atoms with van der Waals surface area (Å²) in [7, 11) is 0. The number of hydrogen-bond donors (Lipinski definition) is 0. The zero-order chi connectivity index (χ0) is 66.0. The summed E-state index contributed by atoms with van der Waals surface area (Å²) in [4.78, 5) is 138.